The molecule has 0 saturated heterocycles. The number of ether oxygens (including phenoxy) is 2. The molecule has 2 aromatic heterocycles. The zero-order chi connectivity index (χ0) is 59.2. The molecule has 0 aliphatic carbocycles. The van der Waals surface area contributed by atoms with Crippen molar-refractivity contribution in [1.29, 1.82) is 0 Å². The van der Waals surface area contributed by atoms with Crippen LogP contribution < -0.4 is 19.3 Å². The van der Waals surface area contributed by atoms with E-state index in [0.717, 1.165) is 38.9 Å². The Bertz CT molecular complexity index is 4090. The minimum absolute atomic E-state index is 0.0955. The van der Waals surface area contributed by atoms with E-state index in [9.17, 15) is 0 Å². The second kappa shape index (κ2) is 19.2. The first-order chi connectivity index (χ1) is 39.4. The fourth-order valence-corrected chi connectivity index (χ4v) is 9.97. The summed E-state index contributed by atoms with van der Waals surface area (Å²) in [4.78, 5) is 8.94. The Morgan fingerprint density at radius 1 is 0.534 bits per heavy atom. The summed E-state index contributed by atoms with van der Waals surface area (Å²) < 4.78 is 104. The van der Waals surface area contributed by atoms with Crippen molar-refractivity contribution in [2.75, 3.05) is 16.5 Å². The highest BCUT2D eigenvalue weighted by Crippen LogP contribution is 2.51. The third-order valence-corrected chi connectivity index (χ3v) is 13.8. The van der Waals surface area contributed by atoms with Gasteiger partial charge in [-0.15, -0.1) is 0 Å². The molecule has 1 aliphatic rings. The number of aromatic nitrogens is 2. The summed E-state index contributed by atoms with van der Waals surface area (Å²) in [6.07, 6.45) is 1.80. The summed E-state index contributed by atoms with van der Waals surface area (Å²) >= 11 is 0. The number of pyridine rings is 1. The van der Waals surface area contributed by atoms with Crippen molar-refractivity contribution >= 4 is 44.6 Å². The average molecular weight is 967 g/mol. The predicted molar refractivity (Wildman–Crippen MR) is 305 cm³/mol. The van der Waals surface area contributed by atoms with Crippen molar-refractivity contribution in [3.05, 3.63) is 216 Å². The molecule has 0 radical (unpaired) electrons. The van der Waals surface area contributed by atoms with Crippen LogP contribution in [0.25, 0.3) is 49.9 Å². The average Bonchev–Trinajstić information content (AvgIpc) is 3.82. The molecule has 73 heavy (non-hydrogen) atoms. The van der Waals surface area contributed by atoms with Gasteiger partial charge in [-0.05, 0) is 111 Å². The molecule has 6 nitrogen and oxygen atoms in total. The molecule has 10 aromatic rings. The first kappa shape index (κ1) is 36.8. The van der Waals surface area contributed by atoms with E-state index in [1.54, 1.807) is 24.4 Å². The Kier molecular flexibility index (Phi) is 9.65. The Morgan fingerprint density at radius 2 is 1.15 bits per heavy atom. The van der Waals surface area contributed by atoms with Crippen LogP contribution in [0, 0.1) is 0 Å². The van der Waals surface area contributed by atoms with Gasteiger partial charge in [0.2, 0.25) is 0 Å². The molecule has 0 fully saturated rings. The second-order valence-corrected chi connectivity index (χ2v) is 20.7. The number of fused-ring (bicyclic) bond motifs is 4. The van der Waals surface area contributed by atoms with E-state index in [2.05, 4.69) is 103 Å². The maximum atomic E-state index is 9.10. The Labute approximate surface area is 445 Å². The number of benzene rings is 8. The summed E-state index contributed by atoms with van der Waals surface area (Å²) in [5.74, 6) is 4.18. The van der Waals surface area contributed by atoms with Crippen LogP contribution in [-0.4, -0.2) is 16.2 Å². The highest BCUT2D eigenvalue weighted by molar-refractivity contribution is 6.10. The molecule has 11 rings (SSSR count). The maximum absolute atomic E-state index is 9.10. The van der Waals surface area contributed by atoms with Crippen LogP contribution in [0.3, 0.4) is 0 Å². The van der Waals surface area contributed by atoms with Gasteiger partial charge >= 0.3 is 0 Å². The van der Waals surface area contributed by atoms with Gasteiger partial charge in [0.1, 0.15) is 35.5 Å². The number of rotatable bonds is 12. The fraction of sp³-hybridized carbons (Fsp3) is 0.209. The van der Waals surface area contributed by atoms with E-state index in [-0.39, 0.29) is 51.9 Å². The minimum Gasteiger partial charge on any atom is -0.457 e. The molecule has 0 unspecified atom stereocenters. The van der Waals surface area contributed by atoms with E-state index >= 15 is 0 Å². The summed E-state index contributed by atoms with van der Waals surface area (Å²) in [5.41, 5.74) is 9.25. The molecule has 0 spiro atoms. The van der Waals surface area contributed by atoms with E-state index in [1.807, 2.05) is 82.6 Å². The van der Waals surface area contributed by atoms with E-state index < -0.39 is 60.4 Å². The van der Waals surface area contributed by atoms with Gasteiger partial charge in [0.25, 0.3) is 0 Å². The number of nitrogens with zero attached hydrogens (tertiary/aromatic N) is 4. The normalized spacial score (nSPS) is 14.6. The number of hydrogen-bond donors (Lipinski definition) is 0. The number of anilines is 4. The summed E-state index contributed by atoms with van der Waals surface area (Å²) in [5, 5.41) is 2.09. The third kappa shape index (κ3) is 9.01. The Balaban J connectivity index is 1.01. The van der Waals surface area contributed by atoms with Crippen molar-refractivity contribution in [1.82, 2.24) is 9.55 Å². The standard InChI is InChI=1S/C67H64N4O2/c1-43(2)48-36-57(44(3)4)66(58(37-48)45(5)6)73-53-34-35-68-64(41-53)71-60-33-30-49(67(7,8)9)38-59(60)56-32-31-52(40-63(56)71)72-51-25-18-24-50(39-51)69-42-70(62-29-17-16-28-61(62)69)65-54(46-20-12-10-13-21-46)26-19-27-55(65)47-22-14-11-15-23-47/h10-41,43-45H,42H2,1-9H3/i10D,11D,12D,13D,14D,15D,20D,21D,22D,23D. The van der Waals surface area contributed by atoms with Crippen LogP contribution in [0.4, 0.5) is 22.7 Å². The lowest BCUT2D eigenvalue weighted by Gasteiger charge is -2.27. The van der Waals surface area contributed by atoms with E-state index in [0.29, 0.717) is 34.7 Å². The van der Waals surface area contributed by atoms with Gasteiger partial charge in [0.15, 0.2) is 0 Å². The molecule has 0 bridgehead atoms. The van der Waals surface area contributed by atoms with Gasteiger partial charge in [0.05, 0.1) is 41.8 Å². The molecule has 1 aliphatic heterocycles. The fourth-order valence-electron chi connectivity index (χ4n) is 9.97. The Morgan fingerprint density at radius 3 is 1.78 bits per heavy atom. The molecule has 6 heteroatoms. The zero-order valence-electron chi connectivity index (χ0n) is 52.7. The van der Waals surface area contributed by atoms with Crippen LogP contribution in [0.15, 0.2) is 194 Å². The van der Waals surface area contributed by atoms with Crippen LogP contribution in [0.2, 0.25) is 0 Å². The molecule has 8 aromatic carbocycles. The SMILES string of the molecule is [2H]c1c([2H])c([2H])c(-c2cccc(-c3c([2H])c([2H])c([2H])c([2H])c3[2H])c2N2CN(c3cccc(Oc4ccc5c6cc(C(C)(C)C)ccc6n(-c6cc(Oc7c(C(C)C)cc(C(C)C)cc7C(C)C)ccn6)c5c4)c3)c3ccccc32)c([2H])c1[2H]. The highest BCUT2D eigenvalue weighted by Gasteiger charge is 2.32. The molecule has 0 N–H and O–H groups in total. The lowest BCUT2D eigenvalue weighted by atomic mass is 9.86. The monoisotopic (exact) mass is 967 g/mol. The lowest BCUT2D eigenvalue weighted by Crippen LogP contribution is -2.24. The second-order valence-electron chi connectivity index (χ2n) is 20.7. The molecule has 364 valence electrons. The summed E-state index contributed by atoms with van der Waals surface area (Å²) in [6, 6.07) is 36.4. The van der Waals surface area contributed by atoms with Gasteiger partial charge in [-0.25, -0.2) is 4.98 Å². The number of para-hydroxylation sites is 3. The van der Waals surface area contributed by atoms with Crippen molar-refractivity contribution in [2.24, 2.45) is 0 Å². The van der Waals surface area contributed by atoms with Crippen LogP contribution in [0.5, 0.6) is 23.0 Å². The van der Waals surface area contributed by atoms with Gasteiger partial charge in [-0.3, -0.25) is 4.57 Å². The van der Waals surface area contributed by atoms with Crippen molar-refractivity contribution in [2.45, 2.75) is 85.5 Å². The van der Waals surface area contributed by atoms with E-state index in [1.165, 1.54) is 22.3 Å². The molecule has 0 amide bonds. The smallest absolute Gasteiger partial charge is 0.141 e. The largest absolute Gasteiger partial charge is 0.457 e. The molecular weight excluding hydrogens is 893 g/mol. The zero-order valence-corrected chi connectivity index (χ0v) is 42.7. The van der Waals surface area contributed by atoms with E-state index in [4.69, 9.17) is 28.2 Å². The van der Waals surface area contributed by atoms with Gasteiger partial charge in [-0.1, -0.05) is 177 Å². The first-order valence-corrected chi connectivity index (χ1v) is 25.0. The van der Waals surface area contributed by atoms with Crippen LogP contribution >= 0.6 is 0 Å². The molecule has 0 atom stereocenters. The topological polar surface area (TPSA) is 42.8 Å². The maximum Gasteiger partial charge on any atom is 0.141 e. The predicted octanol–water partition coefficient (Wildman–Crippen LogP) is 19.0. The van der Waals surface area contributed by atoms with Gasteiger partial charge in [-0.2, -0.15) is 0 Å². The van der Waals surface area contributed by atoms with Crippen LogP contribution in [0.1, 0.15) is 116 Å². The number of hydrogen-bond acceptors (Lipinski definition) is 5. The first-order valence-electron chi connectivity index (χ1n) is 30.0. The summed E-state index contributed by atoms with van der Waals surface area (Å²) in [6.45, 7) is 20.0. The van der Waals surface area contributed by atoms with Gasteiger partial charge < -0.3 is 19.3 Å². The highest BCUT2D eigenvalue weighted by atomic mass is 16.5. The molecule has 0 saturated carbocycles. The molecular formula is C67H64N4O2. The Hall–Kier alpha value is -8.09. The van der Waals surface area contributed by atoms with Gasteiger partial charge in [0, 0.05) is 52.0 Å². The lowest BCUT2D eigenvalue weighted by molar-refractivity contribution is 0.462. The minimum atomic E-state index is -0.555. The van der Waals surface area contributed by atoms with Crippen molar-refractivity contribution < 1.29 is 23.2 Å². The van der Waals surface area contributed by atoms with Crippen molar-refractivity contribution in [3.63, 3.8) is 0 Å². The van der Waals surface area contributed by atoms with Crippen LogP contribution in [-0.2, 0) is 5.41 Å². The summed E-state index contributed by atoms with van der Waals surface area (Å²) in [7, 11) is 0. The third-order valence-electron chi connectivity index (χ3n) is 13.8. The quantitative estimate of drug-likeness (QED) is 0.122. The molecule has 3 heterocycles. The van der Waals surface area contributed by atoms with Crippen molar-refractivity contribution in [3.8, 4) is 51.1 Å².